The summed E-state index contributed by atoms with van der Waals surface area (Å²) in [6.45, 7) is 2.96. The van der Waals surface area contributed by atoms with E-state index in [9.17, 15) is 0 Å². The van der Waals surface area contributed by atoms with Crippen molar-refractivity contribution in [3.05, 3.63) is 22.2 Å². The summed E-state index contributed by atoms with van der Waals surface area (Å²) in [7, 11) is 0. The molecular weight excluding hydrogens is 297 g/mol. The normalized spacial score (nSPS) is 10.9. The Morgan fingerprint density at radius 3 is 2.70 bits per heavy atom. The average molecular weight is 314 g/mol. The predicted molar refractivity (Wildman–Crippen MR) is 81.8 cm³/mol. The molecule has 0 radical (unpaired) electrons. The van der Waals surface area contributed by atoms with Gasteiger partial charge in [0.05, 0.1) is 15.7 Å². The van der Waals surface area contributed by atoms with E-state index >= 15 is 0 Å². The molecule has 0 saturated heterocycles. The molecule has 1 heterocycles. The standard InChI is InChI=1S/C13H17Cl2N5/c1-2-3-4-5-6-20-13(17-18-19-20)9-7-10(14)12(15)11(16)8-9/h7-8H,2-6,16H2,1H3. The molecule has 0 saturated carbocycles. The summed E-state index contributed by atoms with van der Waals surface area (Å²) in [6, 6.07) is 3.47. The van der Waals surface area contributed by atoms with Gasteiger partial charge in [-0.3, -0.25) is 0 Å². The third-order valence-corrected chi connectivity index (χ3v) is 3.89. The molecule has 2 N–H and O–H groups in total. The molecule has 0 amide bonds. The summed E-state index contributed by atoms with van der Waals surface area (Å²) in [5, 5.41) is 12.5. The lowest BCUT2D eigenvalue weighted by Gasteiger charge is -2.07. The van der Waals surface area contributed by atoms with Crippen LogP contribution in [0.5, 0.6) is 0 Å². The van der Waals surface area contributed by atoms with E-state index in [4.69, 9.17) is 28.9 Å². The zero-order valence-corrected chi connectivity index (χ0v) is 12.8. The lowest BCUT2D eigenvalue weighted by molar-refractivity contribution is 0.531. The van der Waals surface area contributed by atoms with Crippen LogP contribution in [0.3, 0.4) is 0 Å². The lowest BCUT2D eigenvalue weighted by Crippen LogP contribution is -2.03. The Bertz CT molecular complexity index is 559. The van der Waals surface area contributed by atoms with Crippen LogP contribution in [0.15, 0.2) is 12.1 Å². The van der Waals surface area contributed by atoms with Crippen LogP contribution in [0.25, 0.3) is 11.4 Å². The van der Waals surface area contributed by atoms with E-state index in [1.54, 1.807) is 16.8 Å². The van der Waals surface area contributed by atoms with E-state index in [2.05, 4.69) is 22.4 Å². The SMILES string of the molecule is CCCCCCn1nnnc1-c1cc(N)c(Cl)c(Cl)c1. The minimum atomic E-state index is 0.359. The van der Waals surface area contributed by atoms with Gasteiger partial charge in [-0.25, -0.2) is 4.68 Å². The molecule has 0 aliphatic rings. The number of unbranched alkanes of at least 4 members (excludes halogenated alkanes) is 3. The molecule has 2 aromatic rings. The number of aryl methyl sites for hydroxylation is 1. The highest BCUT2D eigenvalue weighted by Crippen LogP contribution is 2.32. The van der Waals surface area contributed by atoms with Gasteiger partial charge in [-0.05, 0) is 29.0 Å². The van der Waals surface area contributed by atoms with E-state index in [0.717, 1.165) is 18.5 Å². The molecule has 0 spiro atoms. The molecule has 0 bridgehead atoms. The van der Waals surface area contributed by atoms with Crippen LogP contribution in [0.1, 0.15) is 32.6 Å². The Kier molecular flexibility index (Phi) is 5.20. The number of anilines is 1. The Balaban J connectivity index is 2.19. The number of nitrogens with two attached hydrogens (primary N) is 1. The summed E-state index contributed by atoms with van der Waals surface area (Å²) >= 11 is 12.0. The van der Waals surface area contributed by atoms with Crippen molar-refractivity contribution in [3.63, 3.8) is 0 Å². The highest BCUT2D eigenvalue weighted by molar-refractivity contribution is 6.43. The fraction of sp³-hybridized carbons (Fsp3) is 0.462. The molecule has 5 nitrogen and oxygen atoms in total. The Labute approximate surface area is 128 Å². The molecule has 1 aromatic carbocycles. The molecule has 0 fully saturated rings. The fourth-order valence-corrected chi connectivity index (χ4v) is 2.33. The first-order chi connectivity index (χ1) is 9.63. The molecule has 1 aromatic heterocycles. The highest BCUT2D eigenvalue weighted by atomic mass is 35.5. The number of hydrogen-bond donors (Lipinski definition) is 1. The van der Waals surface area contributed by atoms with Crippen molar-refractivity contribution < 1.29 is 0 Å². The van der Waals surface area contributed by atoms with Crippen molar-refractivity contribution in [3.8, 4) is 11.4 Å². The second-order valence-corrected chi connectivity index (χ2v) is 5.43. The number of aromatic nitrogens is 4. The fourth-order valence-electron chi connectivity index (χ4n) is 1.99. The van der Waals surface area contributed by atoms with Crippen molar-refractivity contribution in [1.82, 2.24) is 20.2 Å². The Morgan fingerprint density at radius 1 is 1.20 bits per heavy atom. The van der Waals surface area contributed by atoms with E-state index in [-0.39, 0.29) is 0 Å². The van der Waals surface area contributed by atoms with E-state index in [1.807, 2.05) is 0 Å². The average Bonchev–Trinajstić information content (AvgIpc) is 2.89. The van der Waals surface area contributed by atoms with Gasteiger partial charge in [-0.1, -0.05) is 49.4 Å². The quantitative estimate of drug-likeness (QED) is 0.650. The van der Waals surface area contributed by atoms with Gasteiger partial charge in [0.25, 0.3) is 0 Å². The minimum absolute atomic E-state index is 0.359. The first kappa shape index (κ1) is 15.1. The largest absolute Gasteiger partial charge is 0.397 e. The number of nitrogen functional groups attached to an aromatic ring is 1. The molecule has 2 rings (SSSR count). The second kappa shape index (κ2) is 6.90. The highest BCUT2D eigenvalue weighted by Gasteiger charge is 2.12. The molecule has 20 heavy (non-hydrogen) atoms. The third kappa shape index (κ3) is 3.41. The van der Waals surface area contributed by atoms with Crippen molar-refractivity contribution in [2.45, 2.75) is 39.2 Å². The topological polar surface area (TPSA) is 69.6 Å². The number of tetrazole rings is 1. The van der Waals surface area contributed by atoms with Crippen LogP contribution >= 0.6 is 23.2 Å². The molecule has 7 heteroatoms. The second-order valence-electron chi connectivity index (χ2n) is 4.65. The molecule has 0 aliphatic carbocycles. The summed E-state index contributed by atoms with van der Waals surface area (Å²) in [5.41, 5.74) is 7.02. The zero-order chi connectivity index (χ0) is 14.5. The number of rotatable bonds is 6. The van der Waals surface area contributed by atoms with E-state index < -0.39 is 0 Å². The van der Waals surface area contributed by atoms with Gasteiger partial charge in [0.2, 0.25) is 0 Å². The van der Waals surface area contributed by atoms with Crippen LogP contribution in [-0.4, -0.2) is 20.2 Å². The van der Waals surface area contributed by atoms with Gasteiger partial charge in [0.1, 0.15) is 0 Å². The van der Waals surface area contributed by atoms with Gasteiger partial charge in [-0.2, -0.15) is 0 Å². The summed E-state index contributed by atoms with van der Waals surface area (Å²) < 4.78 is 1.77. The van der Waals surface area contributed by atoms with Crippen molar-refractivity contribution in [1.29, 1.82) is 0 Å². The molecule has 0 aliphatic heterocycles. The maximum atomic E-state index is 6.04. The van der Waals surface area contributed by atoms with Gasteiger partial charge in [0, 0.05) is 12.1 Å². The van der Waals surface area contributed by atoms with Crippen molar-refractivity contribution in [2.75, 3.05) is 5.73 Å². The van der Waals surface area contributed by atoms with Crippen molar-refractivity contribution in [2.24, 2.45) is 0 Å². The molecule has 0 unspecified atom stereocenters. The Hall–Kier alpha value is -1.33. The van der Waals surface area contributed by atoms with Gasteiger partial charge < -0.3 is 5.73 Å². The van der Waals surface area contributed by atoms with E-state index in [0.29, 0.717) is 21.6 Å². The van der Waals surface area contributed by atoms with Crippen LogP contribution in [-0.2, 0) is 6.54 Å². The lowest BCUT2D eigenvalue weighted by atomic mass is 10.2. The van der Waals surface area contributed by atoms with E-state index in [1.165, 1.54) is 19.3 Å². The number of hydrogen-bond acceptors (Lipinski definition) is 4. The third-order valence-electron chi connectivity index (χ3n) is 3.07. The number of benzene rings is 1. The maximum Gasteiger partial charge on any atom is 0.182 e. The van der Waals surface area contributed by atoms with Gasteiger partial charge >= 0.3 is 0 Å². The smallest absolute Gasteiger partial charge is 0.182 e. The summed E-state index contributed by atoms with van der Waals surface area (Å²) in [6.07, 6.45) is 4.63. The monoisotopic (exact) mass is 313 g/mol. The minimum Gasteiger partial charge on any atom is -0.397 e. The zero-order valence-electron chi connectivity index (χ0n) is 11.3. The number of nitrogens with zero attached hydrogens (tertiary/aromatic N) is 4. The first-order valence-corrected chi connectivity index (χ1v) is 7.40. The summed E-state index contributed by atoms with van der Waals surface area (Å²) in [4.78, 5) is 0. The van der Waals surface area contributed by atoms with Crippen LogP contribution in [0.4, 0.5) is 5.69 Å². The predicted octanol–water partition coefficient (Wildman–Crippen LogP) is 3.81. The van der Waals surface area contributed by atoms with Crippen LogP contribution < -0.4 is 5.73 Å². The summed E-state index contributed by atoms with van der Waals surface area (Å²) in [5.74, 6) is 0.659. The number of halogens is 2. The first-order valence-electron chi connectivity index (χ1n) is 6.64. The molecular formula is C13H17Cl2N5. The maximum absolute atomic E-state index is 6.04. The van der Waals surface area contributed by atoms with Gasteiger partial charge in [0.15, 0.2) is 5.82 Å². The van der Waals surface area contributed by atoms with Crippen LogP contribution in [0.2, 0.25) is 10.0 Å². The van der Waals surface area contributed by atoms with Crippen LogP contribution in [0, 0.1) is 0 Å². The Morgan fingerprint density at radius 2 is 2.00 bits per heavy atom. The molecule has 0 atom stereocenters. The van der Waals surface area contributed by atoms with Gasteiger partial charge in [-0.15, -0.1) is 5.10 Å². The van der Waals surface area contributed by atoms with Crippen molar-refractivity contribution >= 4 is 28.9 Å². The molecule has 108 valence electrons.